The quantitative estimate of drug-likeness (QED) is 0.551. The van der Waals surface area contributed by atoms with Gasteiger partial charge in [0.1, 0.15) is 12.6 Å². The third-order valence-corrected chi connectivity index (χ3v) is 4.59. The molecule has 1 saturated heterocycles. The molecule has 1 aliphatic rings. The zero-order valence-electron chi connectivity index (χ0n) is 15.7. The number of nitrogens with one attached hydrogen (secondary N) is 1. The van der Waals surface area contributed by atoms with Crippen LogP contribution in [0, 0.1) is 0 Å². The zero-order valence-corrected chi connectivity index (χ0v) is 15.7. The molecule has 1 fully saturated rings. The van der Waals surface area contributed by atoms with Crippen LogP contribution in [0.2, 0.25) is 0 Å². The minimum Gasteiger partial charge on any atom is -0.480 e. The summed E-state index contributed by atoms with van der Waals surface area (Å²) in [5.74, 6) is -1.36. The van der Waals surface area contributed by atoms with Crippen LogP contribution in [0.15, 0.2) is 30.3 Å². The fourth-order valence-electron chi connectivity index (χ4n) is 2.95. The Morgan fingerprint density at radius 1 is 1.11 bits per heavy atom. The summed E-state index contributed by atoms with van der Waals surface area (Å²) in [6, 6.07) is 7.86. The summed E-state index contributed by atoms with van der Waals surface area (Å²) in [7, 11) is 0. The Morgan fingerprint density at radius 2 is 1.79 bits per heavy atom. The third-order valence-electron chi connectivity index (χ3n) is 4.59. The van der Waals surface area contributed by atoms with Crippen molar-refractivity contribution in [3.8, 4) is 0 Å². The lowest BCUT2D eigenvalue weighted by molar-refractivity contribution is -0.140. The van der Waals surface area contributed by atoms with E-state index in [0.29, 0.717) is 32.7 Å². The van der Waals surface area contributed by atoms with Gasteiger partial charge in [0, 0.05) is 39.1 Å². The van der Waals surface area contributed by atoms with Gasteiger partial charge in [-0.2, -0.15) is 0 Å². The summed E-state index contributed by atoms with van der Waals surface area (Å²) in [6.45, 7) is 3.15. The molecule has 0 spiro atoms. The zero-order chi connectivity index (χ0) is 20.4. The number of rotatable bonds is 9. The third kappa shape index (κ3) is 7.16. The lowest BCUT2D eigenvalue weighted by Gasteiger charge is -2.34. The number of aliphatic hydroxyl groups excluding tert-OH is 1. The number of nitrogens with zero attached hydrogens (tertiary/aromatic N) is 2. The van der Waals surface area contributed by atoms with E-state index in [1.807, 2.05) is 18.2 Å². The summed E-state index contributed by atoms with van der Waals surface area (Å²) in [6.07, 6.45) is -0.817. The number of hydrogen-bond acceptors (Lipinski definition) is 6. The highest BCUT2D eigenvalue weighted by Crippen LogP contribution is 2.08. The molecule has 9 nitrogen and oxygen atoms in total. The largest absolute Gasteiger partial charge is 0.480 e. The molecule has 0 unspecified atom stereocenters. The van der Waals surface area contributed by atoms with E-state index in [0.717, 1.165) is 5.56 Å². The minimum atomic E-state index is -1.21. The molecular formula is C19H27N3O6. The summed E-state index contributed by atoms with van der Waals surface area (Å²) in [4.78, 5) is 39.3. The molecule has 0 aliphatic carbocycles. The van der Waals surface area contributed by atoms with Crippen LogP contribution in [-0.2, 0) is 20.9 Å². The van der Waals surface area contributed by atoms with Crippen molar-refractivity contribution < 1.29 is 29.3 Å². The molecule has 1 aromatic carbocycles. The second-order valence-electron chi connectivity index (χ2n) is 6.58. The number of aliphatic hydroxyl groups is 1. The van der Waals surface area contributed by atoms with Gasteiger partial charge in [0.05, 0.1) is 6.61 Å². The standard InChI is InChI=1S/C19H27N3O6/c23-13-12-21-8-10-22(11-9-21)17(24)7-6-16(18(25)26)20-19(27)28-14-15-4-2-1-3-5-15/h1-5,16,23H,6-14H2,(H,20,27)(H,25,26)/t16-/m0/s1. The van der Waals surface area contributed by atoms with Crippen molar-refractivity contribution in [1.82, 2.24) is 15.1 Å². The predicted octanol–water partition coefficient (Wildman–Crippen LogP) is 0.283. The maximum absolute atomic E-state index is 12.3. The Kier molecular flexibility index (Phi) is 8.70. The summed E-state index contributed by atoms with van der Waals surface area (Å²) >= 11 is 0. The van der Waals surface area contributed by atoms with Crippen LogP contribution in [0.5, 0.6) is 0 Å². The van der Waals surface area contributed by atoms with Gasteiger partial charge in [0.25, 0.3) is 0 Å². The molecule has 0 aromatic heterocycles. The summed E-state index contributed by atoms with van der Waals surface area (Å²) < 4.78 is 5.03. The minimum absolute atomic E-state index is 0.00847. The van der Waals surface area contributed by atoms with Crippen LogP contribution in [0.3, 0.4) is 0 Å². The first-order chi connectivity index (χ1) is 13.5. The van der Waals surface area contributed by atoms with Crippen molar-refractivity contribution in [2.75, 3.05) is 39.3 Å². The number of benzene rings is 1. The van der Waals surface area contributed by atoms with Crippen molar-refractivity contribution in [3.05, 3.63) is 35.9 Å². The van der Waals surface area contributed by atoms with Gasteiger partial charge in [-0.05, 0) is 12.0 Å². The van der Waals surface area contributed by atoms with E-state index in [1.165, 1.54) is 0 Å². The molecule has 3 N–H and O–H groups in total. The topological polar surface area (TPSA) is 119 Å². The Morgan fingerprint density at radius 3 is 2.39 bits per heavy atom. The molecule has 2 rings (SSSR count). The predicted molar refractivity (Wildman–Crippen MR) is 101 cm³/mol. The summed E-state index contributed by atoms with van der Waals surface area (Å²) in [5, 5.41) is 20.5. The van der Waals surface area contributed by atoms with Crippen molar-refractivity contribution in [1.29, 1.82) is 0 Å². The van der Waals surface area contributed by atoms with E-state index in [1.54, 1.807) is 17.0 Å². The van der Waals surface area contributed by atoms with Crippen molar-refractivity contribution in [2.45, 2.75) is 25.5 Å². The number of carboxylic acids is 1. The number of ether oxygens (including phenoxy) is 1. The fourth-order valence-corrected chi connectivity index (χ4v) is 2.95. The van der Waals surface area contributed by atoms with Crippen molar-refractivity contribution in [2.24, 2.45) is 0 Å². The molecule has 1 atom stereocenters. The van der Waals surface area contributed by atoms with Gasteiger partial charge >= 0.3 is 12.1 Å². The van der Waals surface area contributed by atoms with Gasteiger partial charge < -0.3 is 25.2 Å². The van der Waals surface area contributed by atoms with Crippen molar-refractivity contribution in [3.63, 3.8) is 0 Å². The molecule has 28 heavy (non-hydrogen) atoms. The molecule has 1 aliphatic heterocycles. The van der Waals surface area contributed by atoms with E-state index < -0.39 is 18.1 Å². The molecule has 0 bridgehead atoms. The number of alkyl carbamates (subject to hydrolysis) is 1. The smallest absolute Gasteiger partial charge is 0.408 e. The second-order valence-corrected chi connectivity index (χ2v) is 6.58. The second kappa shape index (κ2) is 11.3. The van der Waals surface area contributed by atoms with Crippen LogP contribution in [0.25, 0.3) is 0 Å². The monoisotopic (exact) mass is 393 g/mol. The average molecular weight is 393 g/mol. The molecular weight excluding hydrogens is 366 g/mol. The lowest BCUT2D eigenvalue weighted by atomic mass is 10.1. The number of piperazine rings is 1. The number of amides is 2. The van der Waals surface area contributed by atoms with Gasteiger partial charge in [-0.1, -0.05) is 30.3 Å². The first-order valence-corrected chi connectivity index (χ1v) is 9.30. The number of hydrogen-bond donors (Lipinski definition) is 3. The SMILES string of the molecule is O=C(N[C@@H](CCC(=O)N1CCN(CCO)CC1)C(=O)O)OCc1ccccc1. The van der Waals surface area contributed by atoms with Gasteiger partial charge in [-0.25, -0.2) is 9.59 Å². The van der Waals surface area contributed by atoms with Gasteiger partial charge in [0.2, 0.25) is 5.91 Å². The normalized spacial score (nSPS) is 15.7. The molecule has 9 heteroatoms. The van der Waals surface area contributed by atoms with Crippen LogP contribution >= 0.6 is 0 Å². The number of β-amino-alcohol motifs (C(OH)–C–C–N with tert-alkyl or cyclic N) is 1. The first-order valence-electron chi connectivity index (χ1n) is 9.30. The highest BCUT2D eigenvalue weighted by atomic mass is 16.5. The molecule has 154 valence electrons. The maximum Gasteiger partial charge on any atom is 0.408 e. The number of carboxylic acid groups (broad SMARTS) is 1. The molecule has 1 heterocycles. The van der Waals surface area contributed by atoms with Gasteiger partial charge in [-0.3, -0.25) is 9.69 Å². The Balaban J connectivity index is 1.74. The van der Waals surface area contributed by atoms with Crippen LogP contribution < -0.4 is 5.32 Å². The van der Waals surface area contributed by atoms with E-state index in [9.17, 15) is 19.5 Å². The molecule has 2 amide bonds. The van der Waals surface area contributed by atoms with Crippen molar-refractivity contribution >= 4 is 18.0 Å². The van der Waals surface area contributed by atoms with Gasteiger partial charge in [0.15, 0.2) is 0 Å². The van der Waals surface area contributed by atoms with Crippen LogP contribution in [0.4, 0.5) is 4.79 Å². The Hall–Kier alpha value is -2.65. The fraction of sp³-hybridized carbons (Fsp3) is 0.526. The number of carbonyl (C=O) groups excluding carboxylic acids is 2. The van der Waals surface area contributed by atoms with Crippen LogP contribution in [0.1, 0.15) is 18.4 Å². The van der Waals surface area contributed by atoms with E-state index in [2.05, 4.69) is 10.2 Å². The first kappa shape index (κ1) is 21.6. The Bertz CT molecular complexity index is 646. The summed E-state index contributed by atoms with van der Waals surface area (Å²) in [5.41, 5.74) is 0.792. The highest BCUT2D eigenvalue weighted by molar-refractivity contribution is 5.81. The average Bonchev–Trinajstić information content (AvgIpc) is 2.70. The number of aliphatic carboxylic acids is 1. The van der Waals surface area contributed by atoms with E-state index in [4.69, 9.17) is 9.84 Å². The maximum atomic E-state index is 12.3. The van der Waals surface area contributed by atoms with Gasteiger partial charge in [-0.15, -0.1) is 0 Å². The number of carbonyl (C=O) groups is 3. The van der Waals surface area contributed by atoms with Crippen LogP contribution in [-0.4, -0.2) is 83.4 Å². The highest BCUT2D eigenvalue weighted by Gasteiger charge is 2.25. The molecule has 0 radical (unpaired) electrons. The molecule has 0 saturated carbocycles. The molecule has 1 aromatic rings. The Labute approximate surface area is 163 Å². The lowest BCUT2D eigenvalue weighted by Crippen LogP contribution is -2.49. The van der Waals surface area contributed by atoms with E-state index >= 15 is 0 Å². The van der Waals surface area contributed by atoms with E-state index in [-0.39, 0.29) is 32.0 Å².